The van der Waals surface area contributed by atoms with E-state index in [0.29, 0.717) is 24.4 Å². The lowest BCUT2D eigenvalue weighted by Gasteiger charge is -2.19. The highest BCUT2D eigenvalue weighted by Gasteiger charge is 2.25. The first kappa shape index (κ1) is 22.5. The quantitative estimate of drug-likeness (QED) is 0.622. The highest BCUT2D eigenvalue weighted by Crippen LogP contribution is 2.38. The molecule has 1 aromatic carbocycles. The number of fused-ring (bicyclic) bond motifs is 1. The Bertz CT molecular complexity index is 954. The van der Waals surface area contributed by atoms with E-state index in [-0.39, 0.29) is 5.92 Å². The van der Waals surface area contributed by atoms with Crippen molar-refractivity contribution in [2.45, 2.75) is 60.9 Å². The van der Waals surface area contributed by atoms with Gasteiger partial charge in [0.2, 0.25) is 5.91 Å². The first-order valence-electron chi connectivity index (χ1n) is 10.00. The zero-order valence-corrected chi connectivity index (χ0v) is 18.3. The van der Waals surface area contributed by atoms with E-state index >= 15 is 0 Å². The summed E-state index contributed by atoms with van der Waals surface area (Å²) >= 11 is 0. The number of allylic oxidation sites excluding steroid dienone is 1. The molecule has 0 saturated carbocycles. The Morgan fingerprint density at radius 2 is 1.90 bits per heavy atom. The fourth-order valence-corrected chi connectivity index (χ4v) is 3.39. The molecule has 0 fully saturated rings. The van der Waals surface area contributed by atoms with Gasteiger partial charge in [0.05, 0.1) is 6.61 Å². The van der Waals surface area contributed by atoms with Gasteiger partial charge in [-0.05, 0) is 57.7 Å². The molecule has 1 aromatic heterocycles. The van der Waals surface area contributed by atoms with Crippen LogP contribution in [0.1, 0.15) is 56.6 Å². The molecular formula is C23H31NO5. The predicted octanol–water partition coefficient (Wildman–Crippen LogP) is 4.78. The van der Waals surface area contributed by atoms with Crippen LogP contribution in [0.4, 0.5) is 0 Å². The summed E-state index contributed by atoms with van der Waals surface area (Å²) < 4.78 is 11.8. The summed E-state index contributed by atoms with van der Waals surface area (Å²) in [4.78, 5) is 24.0. The molecule has 0 radical (unpaired) electrons. The number of hydrogen-bond acceptors (Lipinski definition) is 4. The molecule has 2 atom stereocenters. The number of nitrogens with one attached hydrogen (secondary N) is 1. The SMILES string of the molecule is CCOc1c(/C(C)=C/C(=O)NC(C(=O)O)C(C)CC)cc2c(C)c(C)oc2c1C. The number of furan rings is 1. The van der Waals surface area contributed by atoms with Crippen LogP contribution in [0.15, 0.2) is 16.6 Å². The van der Waals surface area contributed by atoms with E-state index in [2.05, 4.69) is 5.32 Å². The van der Waals surface area contributed by atoms with Gasteiger partial charge in [0.1, 0.15) is 23.1 Å². The van der Waals surface area contributed by atoms with Crippen molar-refractivity contribution >= 4 is 28.4 Å². The molecular weight excluding hydrogens is 370 g/mol. The minimum absolute atomic E-state index is 0.167. The van der Waals surface area contributed by atoms with Crippen molar-refractivity contribution in [2.75, 3.05) is 6.61 Å². The Hall–Kier alpha value is -2.76. The molecule has 2 N–H and O–H groups in total. The fourth-order valence-electron chi connectivity index (χ4n) is 3.39. The van der Waals surface area contributed by atoms with Gasteiger partial charge < -0.3 is 19.6 Å². The highest BCUT2D eigenvalue weighted by atomic mass is 16.5. The molecule has 158 valence electrons. The maximum absolute atomic E-state index is 12.5. The zero-order chi connectivity index (χ0) is 21.9. The number of amides is 1. The summed E-state index contributed by atoms with van der Waals surface area (Å²) in [6.45, 7) is 13.8. The van der Waals surface area contributed by atoms with Crippen LogP contribution in [0.5, 0.6) is 5.75 Å². The molecule has 2 unspecified atom stereocenters. The molecule has 29 heavy (non-hydrogen) atoms. The first-order chi connectivity index (χ1) is 13.6. The molecule has 0 spiro atoms. The number of carboxylic acid groups (broad SMARTS) is 1. The van der Waals surface area contributed by atoms with E-state index in [9.17, 15) is 14.7 Å². The van der Waals surface area contributed by atoms with Crippen LogP contribution in [0.3, 0.4) is 0 Å². The van der Waals surface area contributed by atoms with E-state index in [4.69, 9.17) is 9.15 Å². The van der Waals surface area contributed by atoms with Crippen molar-refractivity contribution < 1.29 is 23.8 Å². The van der Waals surface area contributed by atoms with Crippen LogP contribution in [-0.4, -0.2) is 29.6 Å². The average molecular weight is 402 g/mol. The second-order valence-corrected chi connectivity index (χ2v) is 7.51. The van der Waals surface area contributed by atoms with Crippen LogP contribution in [-0.2, 0) is 9.59 Å². The van der Waals surface area contributed by atoms with Crippen molar-refractivity contribution in [3.05, 3.63) is 34.6 Å². The third-order valence-corrected chi connectivity index (χ3v) is 5.48. The molecule has 6 heteroatoms. The van der Waals surface area contributed by atoms with E-state index in [1.165, 1.54) is 6.08 Å². The minimum atomic E-state index is -1.03. The maximum atomic E-state index is 12.5. The Labute approximate surface area is 171 Å². The molecule has 1 amide bonds. The lowest BCUT2D eigenvalue weighted by molar-refractivity contribution is -0.142. The van der Waals surface area contributed by atoms with Gasteiger partial charge in [0.15, 0.2) is 0 Å². The number of carbonyl (C=O) groups is 2. The van der Waals surface area contributed by atoms with Gasteiger partial charge >= 0.3 is 5.97 Å². The van der Waals surface area contributed by atoms with Gasteiger partial charge in [0.25, 0.3) is 0 Å². The summed E-state index contributed by atoms with van der Waals surface area (Å²) in [5.41, 5.74) is 4.21. The largest absolute Gasteiger partial charge is 0.493 e. The zero-order valence-electron chi connectivity index (χ0n) is 18.3. The summed E-state index contributed by atoms with van der Waals surface area (Å²) in [6, 6.07) is 1.05. The minimum Gasteiger partial charge on any atom is -0.493 e. The van der Waals surface area contributed by atoms with E-state index in [1.807, 2.05) is 54.5 Å². The van der Waals surface area contributed by atoms with Crippen molar-refractivity contribution in [3.63, 3.8) is 0 Å². The average Bonchev–Trinajstić information content (AvgIpc) is 2.95. The van der Waals surface area contributed by atoms with Crippen LogP contribution in [0.25, 0.3) is 16.5 Å². The van der Waals surface area contributed by atoms with Gasteiger partial charge in [-0.3, -0.25) is 4.79 Å². The van der Waals surface area contributed by atoms with Crippen molar-refractivity contribution in [3.8, 4) is 5.75 Å². The lowest BCUT2D eigenvalue weighted by Crippen LogP contribution is -2.44. The van der Waals surface area contributed by atoms with Gasteiger partial charge in [-0.25, -0.2) is 4.79 Å². The summed E-state index contributed by atoms with van der Waals surface area (Å²) in [7, 11) is 0. The van der Waals surface area contributed by atoms with Crippen molar-refractivity contribution in [1.29, 1.82) is 0 Å². The number of ether oxygens (including phenoxy) is 1. The first-order valence-corrected chi connectivity index (χ1v) is 10.00. The Balaban J connectivity index is 2.48. The molecule has 6 nitrogen and oxygen atoms in total. The molecule has 0 aliphatic carbocycles. The van der Waals surface area contributed by atoms with Gasteiger partial charge in [-0.15, -0.1) is 0 Å². The van der Waals surface area contributed by atoms with Gasteiger partial charge in [-0.1, -0.05) is 20.3 Å². The third-order valence-electron chi connectivity index (χ3n) is 5.48. The van der Waals surface area contributed by atoms with E-state index in [0.717, 1.165) is 33.4 Å². The molecule has 1 heterocycles. The summed E-state index contributed by atoms with van der Waals surface area (Å²) in [5, 5.41) is 13.0. The van der Waals surface area contributed by atoms with Gasteiger partial charge in [-0.2, -0.15) is 0 Å². The number of carbonyl (C=O) groups excluding carboxylic acids is 1. The molecule has 0 bridgehead atoms. The second kappa shape index (κ2) is 9.16. The van der Waals surface area contributed by atoms with E-state index < -0.39 is 17.9 Å². The number of rotatable bonds is 8. The highest BCUT2D eigenvalue weighted by molar-refractivity contribution is 5.99. The molecule has 0 aliphatic heterocycles. The van der Waals surface area contributed by atoms with Crippen molar-refractivity contribution in [2.24, 2.45) is 5.92 Å². The maximum Gasteiger partial charge on any atom is 0.326 e. The second-order valence-electron chi connectivity index (χ2n) is 7.51. The molecule has 0 saturated heterocycles. The number of aliphatic carboxylic acids is 1. The number of benzene rings is 1. The van der Waals surface area contributed by atoms with Crippen LogP contribution in [0.2, 0.25) is 0 Å². The fraction of sp³-hybridized carbons (Fsp3) is 0.478. The van der Waals surface area contributed by atoms with E-state index in [1.54, 1.807) is 0 Å². The van der Waals surface area contributed by atoms with Crippen LogP contribution < -0.4 is 10.1 Å². The van der Waals surface area contributed by atoms with Crippen LogP contribution >= 0.6 is 0 Å². The Morgan fingerprint density at radius 1 is 1.24 bits per heavy atom. The number of aryl methyl sites for hydroxylation is 3. The standard InChI is InChI=1S/C23H31NO5/c1-8-12(3)20(23(26)27)24-19(25)10-13(4)17-11-18-14(5)16(7)29-22(18)15(6)21(17)28-9-2/h10-12,20H,8-9H2,1-7H3,(H,24,25)(H,26,27)/b13-10+. The normalized spacial score (nSPS) is 14.0. The monoisotopic (exact) mass is 401 g/mol. The summed E-state index contributed by atoms with van der Waals surface area (Å²) in [5.74, 6) is -0.114. The molecule has 2 aromatic rings. The number of carboxylic acids is 1. The Kier molecular flexibility index (Phi) is 7.11. The third kappa shape index (κ3) is 4.63. The summed E-state index contributed by atoms with van der Waals surface area (Å²) in [6.07, 6.45) is 2.09. The lowest BCUT2D eigenvalue weighted by atomic mass is 9.97. The Morgan fingerprint density at radius 3 is 2.45 bits per heavy atom. The smallest absolute Gasteiger partial charge is 0.326 e. The van der Waals surface area contributed by atoms with Gasteiger partial charge in [0, 0.05) is 22.6 Å². The molecule has 0 aliphatic rings. The topological polar surface area (TPSA) is 88.8 Å². The van der Waals surface area contributed by atoms with Crippen molar-refractivity contribution in [1.82, 2.24) is 5.32 Å². The molecule has 2 rings (SSSR count). The number of hydrogen-bond donors (Lipinski definition) is 2. The predicted molar refractivity (Wildman–Crippen MR) is 114 cm³/mol. The van der Waals surface area contributed by atoms with Crippen LogP contribution in [0, 0.1) is 26.7 Å².